The highest BCUT2D eigenvalue weighted by molar-refractivity contribution is 6.30. The number of carbonyl (C=O) groups excluding carboxylic acids is 1. The van der Waals surface area contributed by atoms with Gasteiger partial charge in [0.2, 0.25) is 5.91 Å². The van der Waals surface area contributed by atoms with Gasteiger partial charge < -0.3 is 15.7 Å². The molecule has 222 valence electrons. The first kappa shape index (κ1) is 29.8. The standard InChI is InChI=1S/C31H33ClF3N5O2/c1-4-24(41)39-14-6-8-21(17-39)29-38-25(26-28(36)37-16-23(32)40(26)29)18-10-12-19(13-11-18)27(42)20-7-5-9-22(15-20)30(2,3)31(33,34)35/h5,7,9-13,15-16,21,27,42H,4,6,8,14,17H2,1-3H3,(H2,36,37)/t21-,27?/m1/s1. The molecule has 1 aliphatic heterocycles. The van der Waals surface area contributed by atoms with Gasteiger partial charge in [-0.05, 0) is 43.4 Å². The zero-order chi connectivity index (χ0) is 30.4. The molecule has 0 radical (unpaired) electrons. The van der Waals surface area contributed by atoms with Gasteiger partial charge in [-0.2, -0.15) is 13.2 Å². The molecule has 1 aliphatic rings. The summed E-state index contributed by atoms with van der Waals surface area (Å²) in [7, 11) is 0. The summed E-state index contributed by atoms with van der Waals surface area (Å²) >= 11 is 6.61. The molecule has 0 aliphatic carbocycles. The summed E-state index contributed by atoms with van der Waals surface area (Å²) in [5.74, 6) is 0.985. The Hall–Kier alpha value is -3.63. The molecule has 0 spiro atoms. The Morgan fingerprint density at radius 3 is 2.55 bits per heavy atom. The van der Waals surface area contributed by atoms with Gasteiger partial charge in [-0.3, -0.25) is 9.20 Å². The van der Waals surface area contributed by atoms with E-state index >= 15 is 0 Å². The van der Waals surface area contributed by atoms with E-state index in [1.807, 2.05) is 11.8 Å². The Kier molecular flexibility index (Phi) is 7.98. The maximum Gasteiger partial charge on any atom is 0.397 e. The average Bonchev–Trinajstić information content (AvgIpc) is 3.40. The third-order valence-electron chi connectivity index (χ3n) is 8.24. The number of nitrogen functional groups attached to an aromatic ring is 1. The number of aliphatic hydroxyl groups excluding tert-OH is 1. The van der Waals surface area contributed by atoms with E-state index in [1.165, 1.54) is 24.4 Å². The van der Waals surface area contributed by atoms with E-state index in [0.29, 0.717) is 58.4 Å². The van der Waals surface area contributed by atoms with Crippen molar-refractivity contribution in [3.63, 3.8) is 0 Å². The Balaban J connectivity index is 1.50. The number of halogens is 4. The number of rotatable bonds is 6. The first-order valence-electron chi connectivity index (χ1n) is 13.9. The number of hydrogen-bond acceptors (Lipinski definition) is 5. The Morgan fingerprint density at radius 2 is 1.88 bits per heavy atom. The average molecular weight is 600 g/mol. The number of piperidine rings is 1. The van der Waals surface area contributed by atoms with Crippen molar-refractivity contribution in [2.75, 3.05) is 18.8 Å². The van der Waals surface area contributed by atoms with Crippen molar-refractivity contribution in [2.24, 2.45) is 0 Å². The molecule has 42 heavy (non-hydrogen) atoms. The maximum atomic E-state index is 13.6. The van der Waals surface area contributed by atoms with Gasteiger partial charge in [0.25, 0.3) is 0 Å². The summed E-state index contributed by atoms with van der Waals surface area (Å²) in [4.78, 5) is 23.5. The highest BCUT2D eigenvalue weighted by atomic mass is 35.5. The number of fused-ring (bicyclic) bond motifs is 1. The minimum absolute atomic E-state index is 0.0517. The van der Waals surface area contributed by atoms with Crippen LogP contribution in [0.25, 0.3) is 16.8 Å². The first-order chi connectivity index (χ1) is 19.8. The molecule has 11 heteroatoms. The van der Waals surface area contributed by atoms with Crippen molar-refractivity contribution in [2.45, 2.75) is 63.6 Å². The molecule has 1 amide bonds. The fourth-order valence-electron chi connectivity index (χ4n) is 5.52. The van der Waals surface area contributed by atoms with Gasteiger partial charge in [0.05, 0.1) is 11.6 Å². The minimum atomic E-state index is -4.44. The second-order valence-electron chi connectivity index (χ2n) is 11.3. The van der Waals surface area contributed by atoms with Crippen LogP contribution >= 0.6 is 11.6 Å². The molecule has 7 nitrogen and oxygen atoms in total. The van der Waals surface area contributed by atoms with Crippen LogP contribution in [-0.4, -0.2) is 49.5 Å². The van der Waals surface area contributed by atoms with Crippen molar-refractivity contribution in [1.82, 2.24) is 19.3 Å². The van der Waals surface area contributed by atoms with Crippen LogP contribution in [-0.2, 0) is 10.2 Å². The molecule has 3 N–H and O–H groups in total. The third kappa shape index (κ3) is 5.33. The Labute approximate surface area is 247 Å². The van der Waals surface area contributed by atoms with E-state index in [4.69, 9.17) is 22.3 Å². The number of hydrogen-bond donors (Lipinski definition) is 2. The van der Waals surface area contributed by atoms with Crippen molar-refractivity contribution >= 4 is 28.8 Å². The monoisotopic (exact) mass is 599 g/mol. The van der Waals surface area contributed by atoms with Crippen LogP contribution in [0.2, 0.25) is 5.15 Å². The van der Waals surface area contributed by atoms with Gasteiger partial charge in [0.1, 0.15) is 34.1 Å². The molecule has 2 aromatic heterocycles. The number of benzene rings is 2. The largest absolute Gasteiger partial charge is 0.397 e. The molecule has 1 unspecified atom stereocenters. The maximum absolute atomic E-state index is 13.6. The second kappa shape index (κ2) is 11.2. The molecule has 4 aromatic rings. The predicted molar refractivity (Wildman–Crippen MR) is 156 cm³/mol. The van der Waals surface area contributed by atoms with Crippen LogP contribution in [0, 0.1) is 0 Å². The lowest BCUT2D eigenvalue weighted by Gasteiger charge is -2.32. The zero-order valence-corrected chi connectivity index (χ0v) is 24.4. The number of aromatic nitrogens is 3. The van der Waals surface area contributed by atoms with Crippen LogP contribution in [0.4, 0.5) is 19.0 Å². The smallest absolute Gasteiger partial charge is 0.384 e. The summed E-state index contributed by atoms with van der Waals surface area (Å²) in [6.45, 7) is 5.32. The molecule has 3 heterocycles. The van der Waals surface area contributed by atoms with E-state index in [9.17, 15) is 23.1 Å². The summed E-state index contributed by atoms with van der Waals surface area (Å²) in [6, 6.07) is 12.9. The number of alkyl halides is 3. The Morgan fingerprint density at radius 1 is 1.17 bits per heavy atom. The van der Waals surface area contributed by atoms with E-state index in [0.717, 1.165) is 26.7 Å². The number of aliphatic hydroxyl groups is 1. The van der Waals surface area contributed by atoms with Gasteiger partial charge in [-0.25, -0.2) is 9.97 Å². The second-order valence-corrected chi connectivity index (χ2v) is 11.7. The van der Waals surface area contributed by atoms with Crippen molar-refractivity contribution in [3.05, 3.63) is 82.4 Å². The lowest BCUT2D eigenvalue weighted by molar-refractivity contribution is -0.180. The topological polar surface area (TPSA) is 96.8 Å². The van der Waals surface area contributed by atoms with Crippen molar-refractivity contribution in [3.8, 4) is 11.3 Å². The SMILES string of the molecule is CCC(=O)N1CCC[C@@H](c2nc(-c3ccc(C(O)c4cccc(C(C)(C)C(F)(F)F)c4)cc3)c3c(N)ncc(Cl)n23)C1. The summed E-state index contributed by atoms with van der Waals surface area (Å²) < 4.78 is 42.7. The first-order valence-corrected chi connectivity index (χ1v) is 14.3. The summed E-state index contributed by atoms with van der Waals surface area (Å²) in [5.41, 5.74) is 7.00. The van der Waals surface area contributed by atoms with Gasteiger partial charge in [-0.15, -0.1) is 0 Å². The highest BCUT2D eigenvalue weighted by Gasteiger charge is 2.48. The van der Waals surface area contributed by atoms with Crippen molar-refractivity contribution < 1.29 is 23.1 Å². The number of anilines is 1. The van der Waals surface area contributed by atoms with Crippen LogP contribution in [0.1, 0.15) is 74.6 Å². The number of amides is 1. The number of likely N-dealkylation sites (tertiary alicyclic amines) is 1. The van der Waals surface area contributed by atoms with E-state index in [2.05, 4.69) is 4.98 Å². The number of imidazole rings is 1. The molecule has 2 atom stereocenters. The van der Waals surface area contributed by atoms with Gasteiger partial charge in [-0.1, -0.05) is 67.1 Å². The van der Waals surface area contributed by atoms with Crippen LogP contribution in [0.15, 0.2) is 54.7 Å². The third-order valence-corrected chi connectivity index (χ3v) is 8.51. The molecule has 5 rings (SSSR count). The number of carbonyl (C=O) groups is 1. The Bertz CT molecular complexity index is 1620. The predicted octanol–water partition coefficient (Wildman–Crippen LogP) is 6.67. The van der Waals surface area contributed by atoms with Crippen molar-refractivity contribution in [1.29, 1.82) is 0 Å². The van der Waals surface area contributed by atoms with Crippen LogP contribution in [0.5, 0.6) is 0 Å². The lowest BCUT2D eigenvalue weighted by Crippen LogP contribution is -2.39. The minimum Gasteiger partial charge on any atom is -0.384 e. The van der Waals surface area contributed by atoms with Gasteiger partial charge >= 0.3 is 6.18 Å². The van der Waals surface area contributed by atoms with E-state index in [1.54, 1.807) is 34.7 Å². The fraction of sp³-hybridized carbons (Fsp3) is 0.387. The zero-order valence-electron chi connectivity index (χ0n) is 23.6. The van der Waals surface area contributed by atoms with Crippen LogP contribution < -0.4 is 5.73 Å². The molecule has 0 saturated carbocycles. The van der Waals surface area contributed by atoms with Gasteiger partial charge in [0, 0.05) is 31.0 Å². The quantitative estimate of drug-likeness (QED) is 0.258. The normalized spacial score (nSPS) is 17.0. The molecule has 1 fully saturated rings. The molecule has 0 bridgehead atoms. The molecule has 2 aromatic carbocycles. The fourth-order valence-corrected chi connectivity index (χ4v) is 5.74. The number of nitrogens with zero attached hydrogens (tertiary/aromatic N) is 4. The summed E-state index contributed by atoms with van der Waals surface area (Å²) in [6.07, 6.45) is -1.99. The van der Waals surface area contributed by atoms with E-state index < -0.39 is 17.7 Å². The number of nitrogens with two attached hydrogens (primary N) is 1. The highest BCUT2D eigenvalue weighted by Crippen LogP contribution is 2.41. The molecule has 1 saturated heterocycles. The van der Waals surface area contributed by atoms with Gasteiger partial charge in [0.15, 0.2) is 0 Å². The lowest BCUT2D eigenvalue weighted by atomic mass is 9.82. The molecular formula is C31H33ClF3N5O2. The summed E-state index contributed by atoms with van der Waals surface area (Å²) in [5, 5.41) is 11.4. The molecular weight excluding hydrogens is 567 g/mol. The van der Waals surface area contributed by atoms with Crippen LogP contribution in [0.3, 0.4) is 0 Å². The van der Waals surface area contributed by atoms with E-state index in [-0.39, 0.29) is 23.2 Å².